The van der Waals surface area contributed by atoms with Crippen molar-refractivity contribution in [1.82, 2.24) is 19.9 Å². The van der Waals surface area contributed by atoms with Gasteiger partial charge in [0.25, 0.3) is 5.91 Å². The van der Waals surface area contributed by atoms with Crippen molar-refractivity contribution in [3.63, 3.8) is 0 Å². The topological polar surface area (TPSA) is 106 Å². The van der Waals surface area contributed by atoms with Gasteiger partial charge in [-0.2, -0.15) is 0 Å². The second kappa shape index (κ2) is 6.28. The Labute approximate surface area is 155 Å². The largest absolute Gasteiger partial charge is 0.508 e. The SMILES string of the molecule is CCNC(=O)c1c(N)n(-c2cc(O)ccc2C)c2nc3ccccc3nc12. The fourth-order valence-electron chi connectivity index (χ4n) is 3.22. The first kappa shape index (κ1) is 16.8. The molecule has 0 saturated heterocycles. The van der Waals surface area contributed by atoms with Gasteiger partial charge in [-0.25, -0.2) is 9.97 Å². The van der Waals surface area contributed by atoms with E-state index < -0.39 is 0 Å². The number of nitrogens with one attached hydrogen (secondary N) is 1. The van der Waals surface area contributed by atoms with Crippen LogP contribution in [0.2, 0.25) is 0 Å². The lowest BCUT2D eigenvalue weighted by atomic mass is 10.2. The van der Waals surface area contributed by atoms with Crippen LogP contribution in [0.25, 0.3) is 27.9 Å². The maximum atomic E-state index is 12.7. The second-order valence-corrected chi connectivity index (χ2v) is 6.31. The molecular formula is C20H19N5O2. The number of aryl methyl sites for hydroxylation is 1. The Morgan fingerprint density at radius 1 is 1.19 bits per heavy atom. The number of aromatic hydroxyl groups is 1. The maximum absolute atomic E-state index is 12.7. The minimum Gasteiger partial charge on any atom is -0.508 e. The molecule has 27 heavy (non-hydrogen) atoms. The Balaban J connectivity index is 2.14. The van der Waals surface area contributed by atoms with E-state index in [9.17, 15) is 9.90 Å². The van der Waals surface area contributed by atoms with Crippen LogP contribution >= 0.6 is 0 Å². The van der Waals surface area contributed by atoms with Gasteiger partial charge in [0, 0.05) is 12.6 Å². The van der Waals surface area contributed by atoms with Crippen LogP contribution in [0.4, 0.5) is 5.82 Å². The summed E-state index contributed by atoms with van der Waals surface area (Å²) in [5, 5.41) is 12.7. The number of nitrogen functional groups attached to an aromatic ring is 1. The molecule has 136 valence electrons. The number of aromatic nitrogens is 3. The zero-order valence-electron chi connectivity index (χ0n) is 15.0. The Hall–Kier alpha value is -3.61. The van der Waals surface area contributed by atoms with Gasteiger partial charge in [0.15, 0.2) is 5.65 Å². The third kappa shape index (κ3) is 2.64. The van der Waals surface area contributed by atoms with Crippen molar-refractivity contribution < 1.29 is 9.90 Å². The smallest absolute Gasteiger partial charge is 0.257 e. The molecule has 2 heterocycles. The standard InChI is InChI=1S/C20H19N5O2/c1-3-22-20(27)16-17-19(24-14-7-5-4-6-13(14)23-17)25(18(16)21)15-10-12(26)9-8-11(15)2/h4-10,26H,3,21H2,1-2H3,(H,22,27). The number of rotatable bonds is 3. The highest BCUT2D eigenvalue weighted by Gasteiger charge is 2.25. The predicted octanol–water partition coefficient (Wildman–Crippen LogP) is 2.92. The van der Waals surface area contributed by atoms with Crippen LogP contribution in [0.5, 0.6) is 5.75 Å². The van der Waals surface area contributed by atoms with E-state index in [2.05, 4.69) is 10.3 Å². The number of phenols is 1. The number of nitrogens with zero attached hydrogens (tertiary/aromatic N) is 3. The van der Waals surface area contributed by atoms with E-state index in [1.54, 1.807) is 22.8 Å². The van der Waals surface area contributed by atoms with Crippen LogP contribution in [-0.2, 0) is 0 Å². The third-order valence-electron chi connectivity index (χ3n) is 4.50. The van der Waals surface area contributed by atoms with Gasteiger partial charge in [-0.1, -0.05) is 18.2 Å². The number of fused-ring (bicyclic) bond motifs is 2. The van der Waals surface area contributed by atoms with E-state index in [4.69, 9.17) is 10.7 Å². The molecule has 7 heteroatoms. The fraction of sp³-hybridized carbons (Fsp3) is 0.150. The normalized spacial score (nSPS) is 11.2. The number of carbonyl (C=O) groups is 1. The summed E-state index contributed by atoms with van der Waals surface area (Å²) in [4.78, 5) is 22.1. The number of benzene rings is 2. The van der Waals surface area contributed by atoms with E-state index in [1.807, 2.05) is 38.1 Å². The van der Waals surface area contributed by atoms with E-state index in [0.29, 0.717) is 34.4 Å². The summed E-state index contributed by atoms with van der Waals surface area (Å²) in [6.45, 7) is 4.21. The first-order valence-corrected chi connectivity index (χ1v) is 8.66. The second-order valence-electron chi connectivity index (χ2n) is 6.31. The lowest BCUT2D eigenvalue weighted by molar-refractivity contribution is 0.0958. The molecule has 0 unspecified atom stereocenters. The molecule has 4 N–H and O–H groups in total. The summed E-state index contributed by atoms with van der Waals surface area (Å²) in [6.07, 6.45) is 0. The number of carbonyl (C=O) groups excluding carboxylic acids is 1. The van der Waals surface area contributed by atoms with E-state index in [0.717, 1.165) is 5.56 Å². The van der Waals surface area contributed by atoms with Crippen LogP contribution in [0, 0.1) is 6.92 Å². The van der Waals surface area contributed by atoms with Gasteiger partial charge in [0.05, 0.1) is 16.7 Å². The highest BCUT2D eigenvalue weighted by atomic mass is 16.3. The molecule has 1 amide bonds. The number of nitrogens with two attached hydrogens (primary N) is 1. The molecule has 0 bridgehead atoms. The van der Waals surface area contributed by atoms with E-state index >= 15 is 0 Å². The van der Waals surface area contributed by atoms with Gasteiger partial charge in [0.2, 0.25) is 0 Å². The molecule has 0 aliphatic carbocycles. The minimum atomic E-state index is -0.305. The number of phenolic OH excluding ortho intramolecular Hbond substituents is 1. The van der Waals surface area contributed by atoms with Crippen LogP contribution in [0.15, 0.2) is 42.5 Å². The van der Waals surface area contributed by atoms with Crippen molar-refractivity contribution in [3.05, 3.63) is 53.6 Å². The van der Waals surface area contributed by atoms with Crippen molar-refractivity contribution in [3.8, 4) is 11.4 Å². The van der Waals surface area contributed by atoms with Crippen molar-refractivity contribution >= 4 is 33.9 Å². The van der Waals surface area contributed by atoms with Crippen molar-refractivity contribution in [2.24, 2.45) is 0 Å². The van der Waals surface area contributed by atoms with E-state index in [-0.39, 0.29) is 23.0 Å². The Bertz CT molecular complexity index is 1200. The molecule has 2 aromatic carbocycles. The highest BCUT2D eigenvalue weighted by molar-refractivity contribution is 6.11. The van der Waals surface area contributed by atoms with Crippen molar-refractivity contribution in [2.75, 3.05) is 12.3 Å². The summed E-state index contributed by atoms with van der Waals surface area (Å²) < 4.78 is 1.67. The van der Waals surface area contributed by atoms with Gasteiger partial charge in [-0.05, 0) is 37.6 Å². The van der Waals surface area contributed by atoms with Gasteiger partial charge < -0.3 is 16.2 Å². The lowest BCUT2D eigenvalue weighted by Crippen LogP contribution is -2.23. The van der Waals surface area contributed by atoms with E-state index in [1.165, 1.54) is 0 Å². The molecule has 0 spiro atoms. The Morgan fingerprint density at radius 2 is 1.89 bits per heavy atom. The molecule has 4 rings (SSSR count). The predicted molar refractivity (Wildman–Crippen MR) is 105 cm³/mol. The highest BCUT2D eigenvalue weighted by Crippen LogP contribution is 2.33. The molecule has 4 aromatic rings. The Kier molecular flexibility index (Phi) is 3.92. The molecule has 0 atom stereocenters. The molecule has 0 saturated carbocycles. The monoisotopic (exact) mass is 361 g/mol. The average molecular weight is 361 g/mol. The maximum Gasteiger partial charge on any atom is 0.257 e. The molecular weight excluding hydrogens is 342 g/mol. The van der Waals surface area contributed by atoms with Gasteiger partial charge >= 0.3 is 0 Å². The van der Waals surface area contributed by atoms with Crippen LogP contribution in [-0.4, -0.2) is 32.1 Å². The average Bonchev–Trinajstić information content (AvgIpc) is 2.93. The number of amides is 1. The zero-order valence-corrected chi connectivity index (χ0v) is 15.0. The molecule has 0 aliphatic rings. The molecule has 0 radical (unpaired) electrons. The summed E-state index contributed by atoms with van der Waals surface area (Å²) in [5.74, 6) is 0.0336. The van der Waals surface area contributed by atoms with Gasteiger partial charge in [0.1, 0.15) is 22.6 Å². The molecule has 7 nitrogen and oxygen atoms in total. The first-order chi connectivity index (χ1) is 13.0. The molecule has 2 aromatic heterocycles. The summed E-state index contributed by atoms with van der Waals surface area (Å²) in [7, 11) is 0. The number of anilines is 1. The zero-order chi connectivity index (χ0) is 19.1. The molecule has 0 fully saturated rings. The van der Waals surface area contributed by atoms with Gasteiger partial charge in [-0.15, -0.1) is 0 Å². The van der Waals surface area contributed by atoms with Crippen molar-refractivity contribution in [2.45, 2.75) is 13.8 Å². The third-order valence-corrected chi connectivity index (χ3v) is 4.50. The fourth-order valence-corrected chi connectivity index (χ4v) is 3.22. The number of hydrogen-bond acceptors (Lipinski definition) is 5. The van der Waals surface area contributed by atoms with Gasteiger partial charge in [-0.3, -0.25) is 9.36 Å². The van der Waals surface area contributed by atoms with Crippen LogP contribution in [0.3, 0.4) is 0 Å². The van der Waals surface area contributed by atoms with Crippen LogP contribution in [0.1, 0.15) is 22.8 Å². The minimum absolute atomic E-state index is 0.102. The number of hydrogen-bond donors (Lipinski definition) is 3. The number of para-hydroxylation sites is 2. The van der Waals surface area contributed by atoms with Crippen molar-refractivity contribution in [1.29, 1.82) is 0 Å². The summed E-state index contributed by atoms with van der Waals surface area (Å²) >= 11 is 0. The first-order valence-electron chi connectivity index (χ1n) is 8.66. The summed E-state index contributed by atoms with van der Waals surface area (Å²) in [5.41, 5.74) is 10.5. The summed E-state index contributed by atoms with van der Waals surface area (Å²) in [6, 6.07) is 12.4. The molecule has 0 aliphatic heterocycles. The lowest BCUT2D eigenvalue weighted by Gasteiger charge is -2.11. The Morgan fingerprint density at radius 3 is 2.59 bits per heavy atom. The van der Waals surface area contributed by atoms with Crippen LogP contribution < -0.4 is 11.1 Å². The quantitative estimate of drug-likeness (QED) is 0.520.